The lowest BCUT2D eigenvalue weighted by Gasteiger charge is -2.15. The zero-order valence-corrected chi connectivity index (χ0v) is 12.8. The van der Waals surface area contributed by atoms with Gasteiger partial charge in [0.05, 0.1) is 32.6 Å². The van der Waals surface area contributed by atoms with Crippen molar-refractivity contribution >= 4 is 5.91 Å². The van der Waals surface area contributed by atoms with Gasteiger partial charge in [0.25, 0.3) is 5.91 Å². The van der Waals surface area contributed by atoms with Gasteiger partial charge in [-0.3, -0.25) is 4.79 Å². The van der Waals surface area contributed by atoms with Crippen LogP contribution in [0.15, 0.2) is 41.0 Å². The second-order valence-electron chi connectivity index (χ2n) is 4.49. The topological polar surface area (TPSA) is 69.9 Å². The van der Waals surface area contributed by atoms with E-state index in [2.05, 4.69) is 5.32 Å². The standard InChI is InChI=1S/C16H19NO5/c1-19-13-7-4-6-11(15(13)21-3)16(18)17-10-14(20-2)12-8-5-9-22-12/h4-9,14H,10H2,1-3H3,(H,17,18). The first kappa shape index (κ1) is 15.9. The van der Waals surface area contributed by atoms with Crippen molar-refractivity contribution in [2.45, 2.75) is 6.10 Å². The molecule has 0 aliphatic carbocycles. The molecule has 0 saturated heterocycles. The molecule has 2 rings (SSSR count). The Morgan fingerprint density at radius 2 is 2.00 bits per heavy atom. The van der Waals surface area contributed by atoms with Crippen molar-refractivity contribution in [3.63, 3.8) is 0 Å². The molecule has 0 aliphatic heterocycles. The number of carbonyl (C=O) groups excluding carboxylic acids is 1. The number of amides is 1. The Hall–Kier alpha value is -2.47. The molecular formula is C16H19NO5. The summed E-state index contributed by atoms with van der Waals surface area (Å²) in [6.45, 7) is 0.281. The van der Waals surface area contributed by atoms with Gasteiger partial charge in [-0.15, -0.1) is 0 Å². The minimum absolute atomic E-state index is 0.274. The lowest BCUT2D eigenvalue weighted by molar-refractivity contribution is 0.0736. The maximum absolute atomic E-state index is 12.3. The summed E-state index contributed by atoms with van der Waals surface area (Å²) < 4.78 is 21.0. The van der Waals surface area contributed by atoms with Crippen LogP contribution in [0.25, 0.3) is 0 Å². The van der Waals surface area contributed by atoms with Gasteiger partial charge in [0.2, 0.25) is 0 Å². The highest BCUT2D eigenvalue weighted by Gasteiger charge is 2.19. The van der Waals surface area contributed by atoms with Crippen molar-refractivity contribution in [1.29, 1.82) is 0 Å². The SMILES string of the molecule is COc1cccc(C(=O)NCC(OC)c2ccco2)c1OC. The van der Waals surface area contributed by atoms with E-state index in [1.165, 1.54) is 14.2 Å². The van der Waals surface area contributed by atoms with E-state index in [4.69, 9.17) is 18.6 Å². The maximum atomic E-state index is 12.3. The molecule has 1 N–H and O–H groups in total. The third kappa shape index (κ3) is 3.40. The van der Waals surface area contributed by atoms with Gasteiger partial charge in [0.15, 0.2) is 11.5 Å². The third-order valence-corrected chi connectivity index (χ3v) is 3.24. The Morgan fingerprint density at radius 1 is 1.18 bits per heavy atom. The number of carbonyl (C=O) groups is 1. The molecule has 1 atom stereocenters. The van der Waals surface area contributed by atoms with E-state index in [0.717, 1.165) is 0 Å². The average Bonchev–Trinajstić information content (AvgIpc) is 3.08. The quantitative estimate of drug-likeness (QED) is 0.850. The van der Waals surface area contributed by atoms with Crippen LogP contribution >= 0.6 is 0 Å². The summed E-state index contributed by atoms with van der Waals surface area (Å²) in [4.78, 5) is 12.3. The van der Waals surface area contributed by atoms with Crippen molar-refractivity contribution < 1.29 is 23.4 Å². The van der Waals surface area contributed by atoms with Crippen LogP contribution in [0.5, 0.6) is 11.5 Å². The van der Waals surface area contributed by atoms with Gasteiger partial charge >= 0.3 is 0 Å². The second-order valence-corrected chi connectivity index (χ2v) is 4.49. The molecule has 118 valence electrons. The van der Waals surface area contributed by atoms with Gasteiger partial charge in [-0.05, 0) is 24.3 Å². The predicted molar refractivity (Wildman–Crippen MR) is 80.3 cm³/mol. The van der Waals surface area contributed by atoms with E-state index in [1.54, 1.807) is 43.7 Å². The molecule has 1 aromatic carbocycles. The zero-order chi connectivity index (χ0) is 15.9. The highest BCUT2D eigenvalue weighted by atomic mass is 16.5. The highest BCUT2D eigenvalue weighted by molar-refractivity contribution is 5.97. The summed E-state index contributed by atoms with van der Waals surface area (Å²) in [7, 11) is 4.58. The van der Waals surface area contributed by atoms with Crippen molar-refractivity contribution in [3.05, 3.63) is 47.9 Å². The number of benzene rings is 1. The first-order valence-electron chi connectivity index (χ1n) is 6.76. The Labute approximate surface area is 129 Å². The molecule has 0 radical (unpaired) electrons. The molecule has 0 bridgehead atoms. The number of ether oxygens (including phenoxy) is 3. The Morgan fingerprint density at radius 3 is 2.59 bits per heavy atom. The fourth-order valence-corrected chi connectivity index (χ4v) is 2.12. The van der Waals surface area contributed by atoms with Crippen molar-refractivity contribution in [2.75, 3.05) is 27.9 Å². The van der Waals surface area contributed by atoms with Crippen molar-refractivity contribution in [1.82, 2.24) is 5.32 Å². The monoisotopic (exact) mass is 305 g/mol. The van der Waals surface area contributed by atoms with Crippen molar-refractivity contribution in [2.24, 2.45) is 0 Å². The fourth-order valence-electron chi connectivity index (χ4n) is 2.12. The summed E-state index contributed by atoms with van der Waals surface area (Å²) in [6, 6.07) is 8.71. The Kier molecular flexibility index (Phi) is 5.43. The largest absolute Gasteiger partial charge is 0.493 e. The Balaban J connectivity index is 2.09. The molecule has 2 aromatic rings. The van der Waals surface area contributed by atoms with Crippen LogP contribution in [0, 0.1) is 0 Å². The summed E-state index contributed by atoms with van der Waals surface area (Å²) in [5.41, 5.74) is 0.399. The highest BCUT2D eigenvalue weighted by Crippen LogP contribution is 2.30. The first-order chi connectivity index (χ1) is 10.7. The average molecular weight is 305 g/mol. The van der Waals surface area contributed by atoms with E-state index in [1.807, 2.05) is 0 Å². The van der Waals surface area contributed by atoms with Crippen LogP contribution in [-0.2, 0) is 4.74 Å². The fraction of sp³-hybridized carbons (Fsp3) is 0.312. The summed E-state index contributed by atoms with van der Waals surface area (Å²) in [5, 5.41) is 2.80. The molecule has 1 amide bonds. The number of hydrogen-bond donors (Lipinski definition) is 1. The van der Waals surface area contributed by atoms with Crippen LogP contribution in [0.4, 0.5) is 0 Å². The molecule has 0 spiro atoms. The van der Waals surface area contributed by atoms with E-state index in [-0.39, 0.29) is 18.6 Å². The third-order valence-electron chi connectivity index (χ3n) is 3.24. The maximum Gasteiger partial charge on any atom is 0.255 e. The number of hydrogen-bond acceptors (Lipinski definition) is 5. The number of furan rings is 1. The van der Waals surface area contributed by atoms with Gasteiger partial charge in [-0.1, -0.05) is 6.07 Å². The smallest absolute Gasteiger partial charge is 0.255 e. The van der Waals surface area contributed by atoms with Crippen LogP contribution < -0.4 is 14.8 Å². The predicted octanol–water partition coefficient (Wildman–Crippen LogP) is 2.41. The van der Waals surface area contributed by atoms with Crippen molar-refractivity contribution in [3.8, 4) is 11.5 Å². The number of para-hydroxylation sites is 1. The van der Waals surface area contributed by atoms with Gasteiger partial charge < -0.3 is 23.9 Å². The normalized spacial score (nSPS) is 11.8. The lowest BCUT2D eigenvalue weighted by atomic mass is 10.1. The second kappa shape index (κ2) is 7.51. The molecule has 0 aliphatic rings. The van der Waals surface area contributed by atoms with Crippen LogP contribution in [-0.4, -0.2) is 33.8 Å². The minimum atomic E-state index is -0.351. The van der Waals surface area contributed by atoms with Crippen LogP contribution in [0.2, 0.25) is 0 Å². The van der Waals surface area contributed by atoms with Crippen LogP contribution in [0.3, 0.4) is 0 Å². The first-order valence-corrected chi connectivity index (χ1v) is 6.76. The Bertz CT molecular complexity index is 609. The molecule has 6 nitrogen and oxygen atoms in total. The molecule has 22 heavy (non-hydrogen) atoms. The number of nitrogens with one attached hydrogen (secondary N) is 1. The van der Waals surface area contributed by atoms with Gasteiger partial charge in [-0.25, -0.2) is 0 Å². The molecule has 1 unspecified atom stereocenters. The molecule has 0 fully saturated rings. The van der Waals surface area contributed by atoms with Gasteiger partial charge in [0.1, 0.15) is 11.9 Å². The van der Waals surface area contributed by atoms with E-state index < -0.39 is 0 Å². The molecular weight excluding hydrogens is 286 g/mol. The number of methoxy groups -OCH3 is 3. The van der Waals surface area contributed by atoms with E-state index >= 15 is 0 Å². The van der Waals surface area contributed by atoms with E-state index in [9.17, 15) is 4.79 Å². The van der Waals surface area contributed by atoms with Gasteiger partial charge in [-0.2, -0.15) is 0 Å². The van der Waals surface area contributed by atoms with Crippen LogP contribution in [0.1, 0.15) is 22.2 Å². The summed E-state index contributed by atoms with van der Waals surface area (Å²) in [5.74, 6) is 1.28. The molecule has 1 aromatic heterocycles. The van der Waals surface area contributed by atoms with E-state index in [0.29, 0.717) is 22.8 Å². The summed E-state index contributed by atoms with van der Waals surface area (Å²) >= 11 is 0. The number of rotatable bonds is 7. The minimum Gasteiger partial charge on any atom is -0.493 e. The zero-order valence-electron chi connectivity index (χ0n) is 12.8. The summed E-state index contributed by atoms with van der Waals surface area (Å²) in [6.07, 6.45) is 1.21. The van der Waals surface area contributed by atoms with Gasteiger partial charge in [0, 0.05) is 7.11 Å². The molecule has 0 saturated carbocycles. The lowest BCUT2D eigenvalue weighted by Crippen LogP contribution is -2.29. The molecule has 1 heterocycles. The molecule has 6 heteroatoms.